The van der Waals surface area contributed by atoms with Gasteiger partial charge < -0.3 is 5.11 Å². The first-order valence-corrected chi connectivity index (χ1v) is 7.19. The lowest BCUT2D eigenvalue weighted by molar-refractivity contribution is 0.0691. The van der Waals surface area contributed by atoms with Crippen LogP contribution in [0.25, 0.3) is 0 Å². The number of rotatable bonds is 4. The molecule has 8 nitrogen and oxygen atoms in total. The van der Waals surface area contributed by atoms with E-state index in [1.165, 1.54) is 0 Å². The van der Waals surface area contributed by atoms with E-state index in [0.717, 1.165) is 18.5 Å². The van der Waals surface area contributed by atoms with Gasteiger partial charge in [0.15, 0.2) is 5.82 Å². The first-order chi connectivity index (χ1) is 9.31. The van der Waals surface area contributed by atoms with Crippen LogP contribution in [0, 0.1) is 5.82 Å². The number of nitrogens with zero attached hydrogens (tertiary/aromatic N) is 2. The standard InChI is InChI=1S/C9H6BrFN4O4S/c10-4-1-5(8(16)17)7(11)6(2-4)20(18,19)15-9-12-3-13-14-9/h1-3H,(H,16,17)(H2,12,13,14,15). The van der Waals surface area contributed by atoms with Gasteiger partial charge in [-0.05, 0) is 12.1 Å². The maximum atomic E-state index is 14.0. The number of halogens is 2. The number of aromatic carboxylic acids is 1. The minimum absolute atomic E-state index is 0.106. The number of carboxylic acid groups (broad SMARTS) is 1. The van der Waals surface area contributed by atoms with E-state index in [9.17, 15) is 17.6 Å². The van der Waals surface area contributed by atoms with Gasteiger partial charge in [-0.15, -0.1) is 0 Å². The fourth-order valence-electron chi connectivity index (χ4n) is 1.35. The molecule has 0 saturated carbocycles. The number of sulfonamides is 1. The normalized spacial score (nSPS) is 11.3. The molecule has 0 bridgehead atoms. The molecule has 0 amide bonds. The summed E-state index contributed by atoms with van der Waals surface area (Å²) in [6.45, 7) is 0. The zero-order valence-electron chi connectivity index (χ0n) is 9.46. The molecule has 0 aliphatic heterocycles. The van der Waals surface area contributed by atoms with Crippen LogP contribution in [0.2, 0.25) is 0 Å². The van der Waals surface area contributed by atoms with Gasteiger partial charge >= 0.3 is 5.97 Å². The maximum absolute atomic E-state index is 14.0. The molecule has 106 valence electrons. The number of benzene rings is 1. The van der Waals surface area contributed by atoms with Crippen molar-refractivity contribution in [2.75, 3.05) is 4.72 Å². The second-order valence-corrected chi connectivity index (χ2v) is 6.08. The minimum Gasteiger partial charge on any atom is -0.478 e. The van der Waals surface area contributed by atoms with Gasteiger partial charge in [0.05, 0.1) is 5.56 Å². The number of carbonyl (C=O) groups is 1. The largest absolute Gasteiger partial charge is 0.478 e. The molecule has 1 aromatic heterocycles. The summed E-state index contributed by atoms with van der Waals surface area (Å²) in [6, 6.07) is 1.91. The van der Waals surface area contributed by atoms with E-state index in [4.69, 9.17) is 5.11 Å². The third-order valence-electron chi connectivity index (χ3n) is 2.17. The van der Waals surface area contributed by atoms with E-state index in [0.29, 0.717) is 0 Å². The molecule has 0 unspecified atom stereocenters. The van der Waals surface area contributed by atoms with E-state index in [2.05, 4.69) is 31.1 Å². The van der Waals surface area contributed by atoms with Gasteiger partial charge in [0.25, 0.3) is 10.0 Å². The number of aromatic nitrogens is 3. The molecule has 0 radical (unpaired) electrons. The zero-order valence-corrected chi connectivity index (χ0v) is 11.9. The van der Waals surface area contributed by atoms with Crippen molar-refractivity contribution in [3.63, 3.8) is 0 Å². The summed E-state index contributed by atoms with van der Waals surface area (Å²) in [6.07, 6.45) is 1.05. The summed E-state index contributed by atoms with van der Waals surface area (Å²) < 4.78 is 40.0. The molecule has 11 heteroatoms. The highest BCUT2D eigenvalue weighted by atomic mass is 79.9. The van der Waals surface area contributed by atoms with Crippen LogP contribution in [0.5, 0.6) is 0 Å². The Morgan fingerprint density at radius 1 is 1.45 bits per heavy atom. The third-order valence-corrected chi connectivity index (χ3v) is 3.97. The SMILES string of the molecule is O=C(O)c1cc(Br)cc(S(=O)(=O)Nc2ncn[nH]2)c1F. The lowest BCUT2D eigenvalue weighted by atomic mass is 10.2. The molecule has 1 heterocycles. The maximum Gasteiger partial charge on any atom is 0.338 e. The number of H-pyrrole nitrogens is 1. The Morgan fingerprint density at radius 3 is 2.70 bits per heavy atom. The molecule has 1 aromatic carbocycles. The Bertz CT molecular complexity index is 763. The number of carboxylic acids is 1. The molecule has 0 aliphatic rings. The summed E-state index contributed by atoms with van der Waals surface area (Å²) in [5, 5.41) is 14.5. The molecule has 0 aliphatic carbocycles. The Balaban J connectivity index is 2.54. The van der Waals surface area contributed by atoms with Crippen molar-refractivity contribution in [2.24, 2.45) is 0 Å². The Kier molecular flexibility index (Phi) is 3.72. The number of anilines is 1. The molecular formula is C9H6BrFN4O4S. The van der Waals surface area contributed by atoms with Crippen LogP contribution < -0.4 is 4.72 Å². The highest BCUT2D eigenvalue weighted by Crippen LogP contribution is 2.25. The number of hydrogen-bond acceptors (Lipinski definition) is 5. The summed E-state index contributed by atoms with van der Waals surface area (Å²) in [5.74, 6) is -3.17. The molecule has 3 N–H and O–H groups in total. The molecular weight excluding hydrogens is 359 g/mol. The van der Waals surface area contributed by atoms with Crippen molar-refractivity contribution in [3.8, 4) is 0 Å². The average molecular weight is 365 g/mol. The van der Waals surface area contributed by atoms with Crippen molar-refractivity contribution in [3.05, 3.63) is 34.3 Å². The highest BCUT2D eigenvalue weighted by Gasteiger charge is 2.25. The van der Waals surface area contributed by atoms with Gasteiger partial charge in [0, 0.05) is 4.47 Å². The predicted octanol–water partition coefficient (Wildman–Crippen LogP) is 1.21. The van der Waals surface area contributed by atoms with Crippen molar-refractivity contribution in [1.82, 2.24) is 15.2 Å². The van der Waals surface area contributed by atoms with Gasteiger partial charge in [0.1, 0.15) is 11.2 Å². The Hall–Kier alpha value is -2.01. The fraction of sp³-hybridized carbons (Fsp3) is 0. The summed E-state index contributed by atoms with van der Waals surface area (Å²) in [7, 11) is -4.34. The van der Waals surface area contributed by atoms with Crippen molar-refractivity contribution < 1.29 is 22.7 Å². The van der Waals surface area contributed by atoms with Crippen LogP contribution in [-0.4, -0.2) is 34.7 Å². The summed E-state index contributed by atoms with van der Waals surface area (Å²) >= 11 is 2.93. The third kappa shape index (κ3) is 2.77. The van der Waals surface area contributed by atoms with E-state index >= 15 is 0 Å². The minimum atomic E-state index is -4.34. The Morgan fingerprint density at radius 2 is 2.15 bits per heavy atom. The van der Waals surface area contributed by atoms with Crippen LogP contribution >= 0.6 is 15.9 Å². The highest BCUT2D eigenvalue weighted by molar-refractivity contribution is 9.10. The molecule has 2 rings (SSSR count). The molecule has 20 heavy (non-hydrogen) atoms. The number of hydrogen-bond donors (Lipinski definition) is 3. The zero-order chi connectivity index (χ0) is 14.9. The number of aromatic amines is 1. The summed E-state index contributed by atoms with van der Waals surface area (Å²) in [5.41, 5.74) is -0.766. The van der Waals surface area contributed by atoms with E-state index in [-0.39, 0.29) is 10.4 Å². The Labute approximate surface area is 120 Å². The monoisotopic (exact) mass is 364 g/mol. The van der Waals surface area contributed by atoms with Crippen molar-refractivity contribution in [1.29, 1.82) is 0 Å². The summed E-state index contributed by atoms with van der Waals surface area (Å²) in [4.78, 5) is 13.6. The predicted molar refractivity (Wildman–Crippen MR) is 68.3 cm³/mol. The molecule has 0 saturated heterocycles. The average Bonchev–Trinajstić information content (AvgIpc) is 2.83. The second-order valence-electron chi connectivity index (χ2n) is 3.51. The quantitative estimate of drug-likeness (QED) is 0.748. The van der Waals surface area contributed by atoms with E-state index < -0.39 is 32.3 Å². The second kappa shape index (κ2) is 5.17. The van der Waals surface area contributed by atoms with E-state index in [1.54, 1.807) is 0 Å². The number of nitrogens with one attached hydrogen (secondary N) is 2. The van der Waals surface area contributed by atoms with Crippen LogP contribution in [-0.2, 0) is 10.0 Å². The van der Waals surface area contributed by atoms with Crippen LogP contribution in [0.4, 0.5) is 10.3 Å². The molecule has 0 atom stereocenters. The molecule has 2 aromatic rings. The molecule has 0 spiro atoms. The van der Waals surface area contributed by atoms with Crippen molar-refractivity contribution >= 4 is 37.9 Å². The van der Waals surface area contributed by atoms with Crippen LogP contribution in [0.15, 0.2) is 27.8 Å². The first-order valence-electron chi connectivity index (χ1n) is 4.92. The lowest BCUT2D eigenvalue weighted by Crippen LogP contribution is -2.17. The topological polar surface area (TPSA) is 125 Å². The van der Waals surface area contributed by atoms with Gasteiger partial charge in [-0.1, -0.05) is 15.9 Å². The van der Waals surface area contributed by atoms with Gasteiger partial charge in [-0.2, -0.15) is 10.1 Å². The van der Waals surface area contributed by atoms with Gasteiger partial charge in [0.2, 0.25) is 5.95 Å². The van der Waals surface area contributed by atoms with E-state index in [1.807, 2.05) is 4.72 Å². The fourth-order valence-corrected chi connectivity index (χ4v) is 3.05. The van der Waals surface area contributed by atoms with Gasteiger partial charge in [-0.3, -0.25) is 0 Å². The lowest BCUT2D eigenvalue weighted by Gasteiger charge is -2.08. The van der Waals surface area contributed by atoms with Gasteiger partial charge in [-0.25, -0.2) is 27.4 Å². The smallest absolute Gasteiger partial charge is 0.338 e. The first kappa shape index (κ1) is 14.4. The van der Waals surface area contributed by atoms with Crippen LogP contribution in [0.1, 0.15) is 10.4 Å². The van der Waals surface area contributed by atoms with Crippen LogP contribution in [0.3, 0.4) is 0 Å². The van der Waals surface area contributed by atoms with Crippen molar-refractivity contribution in [2.45, 2.75) is 4.90 Å². The molecule has 0 fully saturated rings.